The summed E-state index contributed by atoms with van der Waals surface area (Å²) in [7, 11) is 0. The van der Waals surface area contributed by atoms with E-state index < -0.39 is 5.82 Å². The molecule has 4 heteroatoms. The minimum Gasteiger partial charge on any atom is -0.298 e. The molecule has 1 heterocycles. The van der Waals surface area contributed by atoms with Gasteiger partial charge in [-0.2, -0.15) is 5.26 Å². The van der Waals surface area contributed by atoms with Crippen LogP contribution >= 0.6 is 11.3 Å². The van der Waals surface area contributed by atoms with Gasteiger partial charge in [0.1, 0.15) is 11.9 Å². The van der Waals surface area contributed by atoms with Gasteiger partial charge in [-0.25, -0.2) is 4.39 Å². The number of carbonyl (C=O) groups is 1. The number of benzene rings is 1. The molecule has 0 N–H and O–H groups in total. The maximum Gasteiger partial charge on any atom is 0.151 e. The lowest BCUT2D eigenvalue weighted by molar-refractivity contribution is 0.112. The summed E-state index contributed by atoms with van der Waals surface area (Å²) in [5.74, 6) is -0.456. The van der Waals surface area contributed by atoms with Crippen molar-refractivity contribution in [3.63, 3.8) is 0 Å². The summed E-state index contributed by atoms with van der Waals surface area (Å²) in [6, 6.07) is 4.62. The minimum atomic E-state index is -0.456. The van der Waals surface area contributed by atoms with Crippen molar-refractivity contribution in [3.8, 4) is 6.07 Å². The quantitative estimate of drug-likeness (QED) is 0.671. The first kappa shape index (κ1) is 8.85. The Labute approximate surface area is 83.2 Å². The summed E-state index contributed by atoms with van der Waals surface area (Å²) in [5, 5.41) is 10.9. The molecule has 0 saturated carbocycles. The van der Waals surface area contributed by atoms with Gasteiger partial charge in [0.2, 0.25) is 0 Å². The van der Waals surface area contributed by atoms with Crippen LogP contribution in [0.25, 0.3) is 10.1 Å². The van der Waals surface area contributed by atoms with Gasteiger partial charge in [-0.15, -0.1) is 11.3 Å². The van der Waals surface area contributed by atoms with Crippen molar-refractivity contribution >= 4 is 27.7 Å². The molecule has 0 aliphatic heterocycles. The Bertz CT molecular complexity index is 553. The van der Waals surface area contributed by atoms with Crippen LogP contribution in [0.4, 0.5) is 4.39 Å². The largest absolute Gasteiger partial charge is 0.298 e. The van der Waals surface area contributed by atoms with Crippen molar-refractivity contribution in [2.24, 2.45) is 0 Å². The maximum atomic E-state index is 13.3. The lowest BCUT2D eigenvalue weighted by Gasteiger charge is -1.98. The van der Waals surface area contributed by atoms with Gasteiger partial charge in [-0.3, -0.25) is 4.79 Å². The summed E-state index contributed by atoms with van der Waals surface area (Å²) in [5.41, 5.74) is 0.367. The zero-order chi connectivity index (χ0) is 10.1. The molecule has 0 saturated heterocycles. The normalized spacial score (nSPS) is 10.0. The molecule has 1 aromatic heterocycles. The van der Waals surface area contributed by atoms with Gasteiger partial charge in [-0.05, 0) is 17.5 Å². The lowest BCUT2D eigenvalue weighted by atomic mass is 10.1. The van der Waals surface area contributed by atoms with E-state index >= 15 is 0 Å². The number of hydrogen-bond acceptors (Lipinski definition) is 3. The Kier molecular flexibility index (Phi) is 2.02. The number of nitrogens with zero attached hydrogens (tertiary/aromatic N) is 1. The first-order valence-corrected chi connectivity index (χ1v) is 4.71. The number of aldehydes is 1. The van der Waals surface area contributed by atoms with Crippen LogP contribution in [0.1, 0.15) is 15.9 Å². The lowest BCUT2D eigenvalue weighted by Crippen LogP contribution is -1.90. The van der Waals surface area contributed by atoms with Gasteiger partial charge in [0.05, 0.1) is 10.3 Å². The van der Waals surface area contributed by atoms with Crippen LogP contribution in [0.5, 0.6) is 0 Å². The highest BCUT2D eigenvalue weighted by molar-refractivity contribution is 7.17. The molecule has 0 bridgehead atoms. The molecule has 0 radical (unpaired) electrons. The second-order valence-electron chi connectivity index (χ2n) is 2.72. The van der Waals surface area contributed by atoms with E-state index in [1.54, 1.807) is 11.4 Å². The van der Waals surface area contributed by atoms with Crippen molar-refractivity contribution in [2.75, 3.05) is 0 Å². The van der Waals surface area contributed by atoms with Gasteiger partial charge in [0.15, 0.2) is 6.29 Å². The maximum absolute atomic E-state index is 13.3. The number of thiophene rings is 1. The topological polar surface area (TPSA) is 40.9 Å². The highest BCUT2D eigenvalue weighted by Gasteiger charge is 2.12. The number of fused-ring (bicyclic) bond motifs is 1. The van der Waals surface area contributed by atoms with E-state index in [0.717, 1.165) is 6.07 Å². The molecule has 0 fully saturated rings. The average molecular weight is 205 g/mol. The Morgan fingerprint density at radius 1 is 1.57 bits per heavy atom. The van der Waals surface area contributed by atoms with Crippen LogP contribution in [0.2, 0.25) is 0 Å². The highest BCUT2D eigenvalue weighted by Crippen LogP contribution is 2.28. The van der Waals surface area contributed by atoms with Crippen LogP contribution in [-0.4, -0.2) is 6.29 Å². The fourth-order valence-electron chi connectivity index (χ4n) is 1.32. The molecule has 0 atom stereocenters. The first-order valence-electron chi connectivity index (χ1n) is 3.83. The third-order valence-electron chi connectivity index (χ3n) is 1.96. The second-order valence-corrected chi connectivity index (χ2v) is 3.63. The number of halogens is 1. The summed E-state index contributed by atoms with van der Waals surface area (Å²) >= 11 is 1.26. The number of nitriles is 1. The molecule has 2 aromatic rings. The van der Waals surface area contributed by atoms with Gasteiger partial charge in [0, 0.05) is 10.9 Å². The van der Waals surface area contributed by atoms with Crippen molar-refractivity contribution in [3.05, 3.63) is 34.5 Å². The summed E-state index contributed by atoms with van der Waals surface area (Å²) in [6.45, 7) is 0. The van der Waals surface area contributed by atoms with Crippen molar-refractivity contribution in [1.82, 2.24) is 0 Å². The zero-order valence-corrected chi connectivity index (χ0v) is 7.77. The van der Waals surface area contributed by atoms with E-state index in [1.807, 2.05) is 6.07 Å². The van der Waals surface area contributed by atoms with Crippen molar-refractivity contribution in [1.29, 1.82) is 5.26 Å². The highest BCUT2D eigenvalue weighted by atomic mass is 32.1. The van der Waals surface area contributed by atoms with E-state index in [9.17, 15) is 9.18 Å². The average Bonchev–Trinajstić information content (AvgIpc) is 2.66. The van der Waals surface area contributed by atoms with Crippen LogP contribution in [0.3, 0.4) is 0 Å². The minimum absolute atomic E-state index is 0.111. The Morgan fingerprint density at radius 2 is 2.36 bits per heavy atom. The van der Waals surface area contributed by atoms with Crippen LogP contribution in [0.15, 0.2) is 17.5 Å². The molecular formula is C10H4FNOS. The van der Waals surface area contributed by atoms with E-state index in [4.69, 9.17) is 5.26 Å². The molecule has 0 aliphatic carbocycles. The van der Waals surface area contributed by atoms with Gasteiger partial charge in [0.25, 0.3) is 0 Å². The molecule has 0 amide bonds. The fraction of sp³-hybridized carbons (Fsp3) is 0. The van der Waals surface area contributed by atoms with Gasteiger partial charge < -0.3 is 0 Å². The third-order valence-corrected chi connectivity index (χ3v) is 2.89. The van der Waals surface area contributed by atoms with Gasteiger partial charge >= 0.3 is 0 Å². The molecule has 2 nitrogen and oxygen atoms in total. The molecule has 0 aliphatic rings. The monoisotopic (exact) mass is 205 g/mol. The van der Waals surface area contributed by atoms with E-state index in [2.05, 4.69) is 0 Å². The van der Waals surface area contributed by atoms with Gasteiger partial charge in [-0.1, -0.05) is 0 Å². The third kappa shape index (κ3) is 1.10. The summed E-state index contributed by atoms with van der Waals surface area (Å²) in [6.07, 6.45) is 0.501. The molecule has 0 spiro atoms. The zero-order valence-electron chi connectivity index (χ0n) is 6.95. The second kappa shape index (κ2) is 3.20. The van der Waals surface area contributed by atoms with Crippen LogP contribution in [0, 0.1) is 17.1 Å². The summed E-state index contributed by atoms with van der Waals surface area (Å²) < 4.78 is 13.9. The molecule has 0 unspecified atom stereocenters. The number of rotatable bonds is 1. The fourth-order valence-corrected chi connectivity index (χ4v) is 2.23. The Morgan fingerprint density at radius 3 is 3.00 bits per heavy atom. The molecule has 14 heavy (non-hydrogen) atoms. The predicted octanol–water partition coefficient (Wildman–Crippen LogP) is 2.72. The van der Waals surface area contributed by atoms with Crippen molar-refractivity contribution < 1.29 is 9.18 Å². The molecule has 2 rings (SSSR count). The SMILES string of the molecule is N#Cc1c(C=O)cc(F)c2ccsc12. The van der Waals surface area contributed by atoms with E-state index in [-0.39, 0.29) is 11.1 Å². The van der Waals surface area contributed by atoms with E-state index in [0.29, 0.717) is 16.4 Å². The van der Waals surface area contributed by atoms with Crippen LogP contribution < -0.4 is 0 Å². The standard InChI is InChI=1S/C10H4FNOS/c11-9-3-6(5-13)8(4-12)10-7(9)1-2-14-10/h1-3,5H. The Balaban J connectivity index is 2.97. The molecular weight excluding hydrogens is 201 g/mol. The predicted molar refractivity (Wildman–Crippen MR) is 51.9 cm³/mol. The number of hydrogen-bond donors (Lipinski definition) is 0. The van der Waals surface area contributed by atoms with E-state index in [1.165, 1.54) is 11.3 Å². The molecule has 68 valence electrons. The van der Waals surface area contributed by atoms with Crippen LogP contribution in [-0.2, 0) is 0 Å². The first-order chi connectivity index (χ1) is 6.77. The van der Waals surface area contributed by atoms with Crippen molar-refractivity contribution in [2.45, 2.75) is 0 Å². The molecule has 1 aromatic carbocycles. The summed E-state index contributed by atoms with van der Waals surface area (Å²) in [4.78, 5) is 10.6. The Hall–Kier alpha value is -1.73. The smallest absolute Gasteiger partial charge is 0.151 e. The number of carbonyl (C=O) groups excluding carboxylic acids is 1.